The van der Waals surface area contributed by atoms with E-state index in [4.69, 9.17) is 25.8 Å². The molecule has 0 aromatic heterocycles. The summed E-state index contributed by atoms with van der Waals surface area (Å²) in [5, 5.41) is 0.613. The molecule has 0 unspecified atom stereocenters. The van der Waals surface area contributed by atoms with Gasteiger partial charge in [0.05, 0.1) is 33.0 Å². The average Bonchev–Trinajstić information content (AvgIpc) is 2.81. The average molecular weight is 466 g/mol. The van der Waals surface area contributed by atoms with Crippen LogP contribution < -0.4 is 4.74 Å². The predicted molar refractivity (Wildman–Crippen MR) is 120 cm³/mol. The zero-order valence-electron chi connectivity index (χ0n) is 18.4. The summed E-state index contributed by atoms with van der Waals surface area (Å²) in [4.78, 5) is 31.8. The quantitative estimate of drug-likeness (QED) is 0.634. The Labute approximate surface area is 194 Å². The third-order valence-electron chi connectivity index (χ3n) is 6.36. The minimum Gasteiger partial charge on any atom is -0.490 e. The fourth-order valence-corrected chi connectivity index (χ4v) is 4.70. The third-order valence-corrected chi connectivity index (χ3v) is 6.60. The zero-order chi connectivity index (χ0) is 22.3. The van der Waals surface area contributed by atoms with Crippen LogP contribution in [0.4, 0.5) is 0 Å². The molecular formula is C23H32ClN3O5. The summed E-state index contributed by atoms with van der Waals surface area (Å²) in [5.74, 6) is 0.823. The molecule has 1 aromatic rings. The number of hydrogen-bond acceptors (Lipinski definition) is 6. The van der Waals surface area contributed by atoms with Crippen LogP contribution in [0.1, 0.15) is 12.8 Å². The molecular weight excluding hydrogens is 434 g/mol. The summed E-state index contributed by atoms with van der Waals surface area (Å²) in [6, 6.07) is 7.33. The first kappa shape index (κ1) is 23.3. The molecule has 3 heterocycles. The van der Waals surface area contributed by atoms with Gasteiger partial charge in [0.25, 0.3) is 0 Å². The van der Waals surface area contributed by atoms with E-state index in [2.05, 4.69) is 4.90 Å². The van der Waals surface area contributed by atoms with Crippen molar-refractivity contribution in [3.05, 3.63) is 29.3 Å². The highest BCUT2D eigenvalue weighted by Gasteiger charge is 2.36. The van der Waals surface area contributed by atoms with Crippen molar-refractivity contribution in [1.29, 1.82) is 0 Å². The highest BCUT2D eigenvalue weighted by Crippen LogP contribution is 2.28. The standard InChI is InChI=1S/C23H32ClN3O5/c24-19-2-1-3-20(15-19)32-21-4-5-27(23(29)17-25-6-10-30-11-7-25)16-18(21)14-22(28)26-8-12-31-13-9-26/h1-3,15,18,21H,4-14,16-17H2/t18-,21-/m0/s1. The van der Waals surface area contributed by atoms with Gasteiger partial charge >= 0.3 is 0 Å². The number of piperidine rings is 1. The van der Waals surface area contributed by atoms with Crippen molar-refractivity contribution in [2.24, 2.45) is 5.92 Å². The maximum absolute atomic E-state index is 13.0. The van der Waals surface area contributed by atoms with Gasteiger partial charge in [-0.2, -0.15) is 0 Å². The van der Waals surface area contributed by atoms with Gasteiger partial charge < -0.3 is 24.0 Å². The summed E-state index contributed by atoms with van der Waals surface area (Å²) in [5.41, 5.74) is 0. The minimum absolute atomic E-state index is 0.0771. The van der Waals surface area contributed by atoms with Crippen LogP contribution in [0.25, 0.3) is 0 Å². The Hall–Kier alpha value is -1.87. The van der Waals surface area contributed by atoms with Crippen LogP contribution >= 0.6 is 11.6 Å². The van der Waals surface area contributed by atoms with Gasteiger partial charge in [-0.05, 0) is 18.2 Å². The van der Waals surface area contributed by atoms with Crippen LogP contribution in [0.15, 0.2) is 24.3 Å². The van der Waals surface area contributed by atoms with Crippen LogP contribution in [-0.2, 0) is 19.1 Å². The maximum Gasteiger partial charge on any atom is 0.236 e. The van der Waals surface area contributed by atoms with E-state index < -0.39 is 0 Å². The largest absolute Gasteiger partial charge is 0.490 e. The van der Waals surface area contributed by atoms with Crippen molar-refractivity contribution in [2.75, 3.05) is 72.2 Å². The molecule has 0 aliphatic carbocycles. The molecule has 2 amide bonds. The molecule has 1 aromatic carbocycles. The molecule has 3 aliphatic rings. The molecule has 176 valence electrons. The van der Waals surface area contributed by atoms with E-state index in [1.54, 1.807) is 12.1 Å². The Kier molecular flexibility index (Phi) is 8.24. The van der Waals surface area contributed by atoms with Gasteiger partial charge in [0, 0.05) is 63.1 Å². The van der Waals surface area contributed by atoms with E-state index >= 15 is 0 Å². The highest BCUT2D eigenvalue weighted by molar-refractivity contribution is 6.30. The van der Waals surface area contributed by atoms with Gasteiger partial charge in [0.15, 0.2) is 0 Å². The predicted octanol–water partition coefficient (Wildman–Crippen LogP) is 1.52. The molecule has 0 bridgehead atoms. The van der Waals surface area contributed by atoms with Gasteiger partial charge in [-0.3, -0.25) is 14.5 Å². The Morgan fingerprint density at radius 1 is 0.969 bits per heavy atom. The minimum atomic E-state index is -0.147. The van der Waals surface area contributed by atoms with E-state index in [0.29, 0.717) is 82.8 Å². The number of carbonyl (C=O) groups excluding carboxylic acids is 2. The van der Waals surface area contributed by atoms with E-state index in [-0.39, 0.29) is 23.8 Å². The van der Waals surface area contributed by atoms with E-state index in [0.717, 1.165) is 13.1 Å². The molecule has 0 radical (unpaired) electrons. The van der Waals surface area contributed by atoms with Gasteiger partial charge in [0.2, 0.25) is 11.8 Å². The lowest BCUT2D eigenvalue weighted by atomic mass is 9.90. The fraction of sp³-hybridized carbons (Fsp3) is 0.652. The molecule has 4 rings (SSSR count). The van der Waals surface area contributed by atoms with Crippen LogP contribution in [0.3, 0.4) is 0 Å². The van der Waals surface area contributed by atoms with Gasteiger partial charge in [-0.15, -0.1) is 0 Å². The van der Waals surface area contributed by atoms with Crippen molar-refractivity contribution < 1.29 is 23.8 Å². The van der Waals surface area contributed by atoms with Crippen molar-refractivity contribution in [2.45, 2.75) is 18.9 Å². The van der Waals surface area contributed by atoms with Crippen LogP contribution in [-0.4, -0.2) is 105 Å². The summed E-state index contributed by atoms with van der Waals surface area (Å²) >= 11 is 6.12. The SMILES string of the molecule is O=C(C[C@H]1CN(C(=O)CN2CCOCC2)CC[C@@H]1Oc1cccc(Cl)c1)N1CCOCC1. The van der Waals surface area contributed by atoms with E-state index in [1.165, 1.54) is 0 Å². The second-order valence-electron chi connectivity index (χ2n) is 8.59. The summed E-state index contributed by atoms with van der Waals surface area (Å²) < 4.78 is 17.0. The lowest BCUT2D eigenvalue weighted by Gasteiger charge is -2.40. The van der Waals surface area contributed by atoms with Crippen molar-refractivity contribution in [1.82, 2.24) is 14.7 Å². The Balaban J connectivity index is 1.41. The van der Waals surface area contributed by atoms with Crippen molar-refractivity contribution in [3.8, 4) is 5.75 Å². The molecule has 3 fully saturated rings. The third kappa shape index (κ3) is 6.34. The van der Waals surface area contributed by atoms with E-state index in [1.807, 2.05) is 21.9 Å². The molecule has 9 heteroatoms. The van der Waals surface area contributed by atoms with Gasteiger partial charge in [-0.1, -0.05) is 17.7 Å². The van der Waals surface area contributed by atoms with Crippen LogP contribution in [0, 0.1) is 5.92 Å². The van der Waals surface area contributed by atoms with Crippen LogP contribution in [0.2, 0.25) is 5.02 Å². The smallest absolute Gasteiger partial charge is 0.236 e. The number of carbonyl (C=O) groups is 2. The monoisotopic (exact) mass is 465 g/mol. The Bertz CT molecular complexity index is 783. The number of benzene rings is 1. The number of morpholine rings is 2. The number of likely N-dealkylation sites (tertiary alicyclic amines) is 1. The summed E-state index contributed by atoms with van der Waals surface area (Å²) in [6.45, 7) is 6.80. The lowest BCUT2D eigenvalue weighted by Crippen LogP contribution is -2.53. The molecule has 3 aliphatic heterocycles. The maximum atomic E-state index is 13.0. The zero-order valence-corrected chi connectivity index (χ0v) is 19.2. The second-order valence-corrected chi connectivity index (χ2v) is 9.02. The number of rotatable bonds is 6. The van der Waals surface area contributed by atoms with E-state index in [9.17, 15) is 9.59 Å². The topological polar surface area (TPSA) is 71.6 Å². The normalized spacial score (nSPS) is 24.9. The van der Waals surface area contributed by atoms with Gasteiger partial charge in [0.1, 0.15) is 11.9 Å². The summed E-state index contributed by atoms with van der Waals surface area (Å²) in [7, 11) is 0. The number of halogens is 1. The summed E-state index contributed by atoms with van der Waals surface area (Å²) in [6.07, 6.45) is 0.889. The Morgan fingerprint density at radius 2 is 1.69 bits per heavy atom. The first-order valence-corrected chi connectivity index (χ1v) is 11.8. The van der Waals surface area contributed by atoms with Gasteiger partial charge in [-0.25, -0.2) is 0 Å². The molecule has 3 saturated heterocycles. The molecule has 0 spiro atoms. The number of ether oxygens (including phenoxy) is 3. The van der Waals surface area contributed by atoms with Crippen LogP contribution in [0.5, 0.6) is 5.75 Å². The number of hydrogen-bond donors (Lipinski definition) is 0. The first-order valence-electron chi connectivity index (χ1n) is 11.4. The fourth-order valence-electron chi connectivity index (χ4n) is 4.52. The number of amides is 2. The molecule has 2 atom stereocenters. The van der Waals surface area contributed by atoms with Crippen molar-refractivity contribution in [3.63, 3.8) is 0 Å². The first-order chi connectivity index (χ1) is 15.6. The molecule has 0 N–H and O–H groups in total. The second kappa shape index (κ2) is 11.3. The molecule has 32 heavy (non-hydrogen) atoms. The Morgan fingerprint density at radius 3 is 2.41 bits per heavy atom. The molecule has 8 nitrogen and oxygen atoms in total. The number of nitrogens with zero attached hydrogens (tertiary/aromatic N) is 3. The molecule has 0 saturated carbocycles. The lowest BCUT2D eigenvalue weighted by molar-refractivity contribution is -0.142. The van der Waals surface area contributed by atoms with Crippen molar-refractivity contribution >= 4 is 23.4 Å². The highest BCUT2D eigenvalue weighted by atomic mass is 35.5.